The Bertz CT molecular complexity index is 1400. The highest BCUT2D eigenvalue weighted by atomic mass is 16.5. The molecule has 1 N–H and O–H groups in total. The van der Waals surface area contributed by atoms with Gasteiger partial charge in [0, 0.05) is 23.0 Å². The standard InChI is InChI=1S/C34H37BNO2/c1-7-8-13-25-22(2)31-30(27-15-10-9-14-26(25)27)28-16-11-12-17-29(28)32(36-31)23-18-20-24(21-19-23)35-38-34(5,6)33(3,4)37/h7-10,12-15,17-21,26-27,37H,1,11,16H2,2-6H3/b13-8-. The quantitative estimate of drug-likeness (QED) is 0.332. The second-order valence-corrected chi connectivity index (χ2v) is 11.5. The summed E-state index contributed by atoms with van der Waals surface area (Å²) in [5, 5.41) is 10.4. The van der Waals surface area contributed by atoms with E-state index in [0.717, 1.165) is 35.3 Å². The predicted octanol–water partition coefficient (Wildman–Crippen LogP) is 6.87. The Balaban J connectivity index is 1.58. The molecule has 0 saturated heterocycles. The molecule has 0 amide bonds. The molecule has 0 aliphatic heterocycles. The Morgan fingerprint density at radius 2 is 1.76 bits per heavy atom. The first-order valence-electron chi connectivity index (χ1n) is 13.5. The lowest BCUT2D eigenvalue weighted by Gasteiger charge is -2.37. The SMILES string of the molecule is C=C/C=C\C1=C(C)c2nc(-c3ccc([B]OC(C)(C)C(C)(C)O)cc3)c3c(c2C2C=CC=CC12)CCC=C3. The number of fused-ring (bicyclic) bond motifs is 5. The van der Waals surface area contributed by atoms with E-state index >= 15 is 0 Å². The lowest BCUT2D eigenvalue weighted by molar-refractivity contribution is -0.0893. The molecule has 5 rings (SSSR count). The largest absolute Gasteiger partial charge is 0.427 e. The van der Waals surface area contributed by atoms with Gasteiger partial charge in [-0.25, -0.2) is 4.98 Å². The average molecular weight is 502 g/mol. The molecule has 2 aromatic rings. The van der Waals surface area contributed by atoms with Crippen LogP contribution in [-0.2, 0) is 11.1 Å². The second-order valence-electron chi connectivity index (χ2n) is 11.5. The zero-order valence-corrected chi connectivity index (χ0v) is 23.2. The summed E-state index contributed by atoms with van der Waals surface area (Å²) < 4.78 is 5.97. The van der Waals surface area contributed by atoms with E-state index in [1.165, 1.54) is 27.8 Å². The van der Waals surface area contributed by atoms with Crippen molar-refractivity contribution in [3.63, 3.8) is 0 Å². The number of rotatable bonds is 7. The van der Waals surface area contributed by atoms with Crippen LogP contribution in [0.25, 0.3) is 22.9 Å². The van der Waals surface area contributed by atoms with Crippen LogP contribution in [0.5, 0.6) is 0 Å². The van der Waals surface area contributed by atoms with E-state index in [9.17, 15) is 5.11 Å². The predicted molar refractivity (Wildman–Crippen MR) is 160 cm³/mol. The summed E-state index contributed by atoms with van der Waals surface area (Å²) in [6.45, 7) is 13.4. The van der Waals surface area contributed by atoms with Crippen molar-refractivity contribution in [3.05, 3.63) is 107 Å². The van der Waals surface area contributed by atoms with Crippen molar-refractivity contribution < 1.29 is 9.76 Å². The molecule has 2 unspecified atom stereocenters. The molecule has 1 aromatic heterocycles. The minimum atomic E-state index is -0.963. The molecule has 3 aliphatic carbocycles. The maximum absolute atomic E-state index is 10.4. The summed E-state index contributed by atoms with van der Waals surface area (Å²) in [5.41, 5.74) is 9.12. The smallest absolute Gasteiger partial charge is 0.330 e. The Morgan fingerprint density at radius 1 is 1.05 bits per heavy atom. The van der Waals surface area contributed by atoms with Crippen molar-refractivity contribution >= 4 is 24.6 Å². The van der Waals surface area contributed by atoms with E-state index < -0.39 is 11.2 Å². The molecule has 0 saturated carbocycles. The van der Waals surface area contributed by atoms with E-state index in [-0.39, 0.29) is 0 Å². The van der Waals surface area contributed by atoms with Gasteiger partial charge < -0.3 is 9.76 Å². The summed E-state index contributed by atoms with van der Waals surface area (Å²) in [6, 6.07) is 8.36. The van der Waals surface area contributed by atoms with Crippen LogP contribution in [0, 0.1) is 5.92 Å². The number of nitrogens with zero attached hydrogens (tertiary/aromatic N) is 1. The third-order valence-electron chi connectivity index (χ3n) is 8.40. The first-order chi connectivity index (χ1) is 18.1. The molecule has 3 nitrogen and oxygen atoms in total. The van der Waals surface area contributed by atoms with Crippen molar-refractivity contribution in [2.24, 2.45) is 5.92 Å². The van der Waals surface area contributed by atoms with Crippen LogP contribution in [0.3, 0.4) is 0 Å². The fraction of sp³-hybridized carbons (Fsp3) is 0.324. The fourth-order valence-electron chi connectivity index (χ4n) is 5.46. The molecule has 2 atom stereocenters. The second kappa shape index (κ2) is 10.2. The first-order valence-corrected chi connectivity index (χ1v) is 13.5. The van der Waals surface area contributed by atoms with Gasteiger partial charge in [-0.05, 0) is 69.7 Å². The number of aliphatic hydroxyl groups is 1. The van der Waals surface area contributed by atoms with Crippen LogP contribution in [0.4, 0.5) is 0 Å². The van der Waals surface area contributed by atoms with Crippen molar-refractivity contribution in [1.29, 1.82) is 0 Å². The van der Waals surface area contributed by atoms with E-state index in [1.54, 1.807) is 21.3 Å². The highest BCUT2D eigenvalue weighted by Gasteiger charge is 2.37. The van der Waals surface area contributed by atoms with Gasteiger partial charge in [0.15, 0.2) is 0 Å². The number of aromatic nitrogens is 1. The molecular weight excluding hydrogens is 465 g/mol. The van der Waals surface area contributed by atoms with Gasteiger partial charge in [0.2, 0.25) is 0 Å². The highest BCUT2D eigenvalue weighted by Crippen LogP contribution is 2.49. The van der Waals surface area contributed by atoms with Crippen molar-refractivity contribution in [1.82, 2.24) is 4.98 Å². The fourth-order valence-corrected chi connectivity index (χ4v) is 5.46. The van der Waals surface area contributed by atoms with Crippen LogP contribution < -0.4 is 5.46 Å². The monoisotopic (exact) mass is 502 g/mol. The zero-order chi connectivity index (χ0) is 27.1. The van der Waals surface area contributed by atoms with Gasteiger partial charge in [-0.2, -0.15) is 0 Å². The molecule has 3 aliphatic rings. The molecular formula is C34H37BNO2. The third-order valence-corrected chi connectivity index (χ3v) is 8.40. The summed E-state index contributed by atoms with van der Waals surface area (Å²) >= 11 is 0. The van der Waals surface area contributed by atoms with Crippen LogP contribution in [0.2, 0.25) is 0 Å². The van der Waals surface area contributed by atoms with E-state index in [2.05, 4.69) is 80.3 Å². The number of benzene rings is 1. The minimum Gasteiger partial charge on any atom is -0.427 e. The summed E-state index contributed by atoms with van der Waals surface area (Å²) in [7, 11) is 1.73. The lowest BCUT2D eigenvalue weighted by atomic mass is 9.68. The summed E-state index contributed by atoms with van der Waals surface area (Å²) in [5.74, 6) is 0.604. The Hall–Kier alpha value is -3.21. The average Bonchev–Trinajstić information content (AvgIpc) is 2.91. The molecule has 4 heteroatoms. The zero-order valence-electron chi connectivity index (χ0n) is 23.2. The highest BCUT2D eigenvalue weighted by molar-refractivity contribution is 6.47. The third kappa shape index (κ3) is 4.72. The van der Waals surface area contributed by atoms with E-state index in [4.69, 9.17) is 9.64 Å². The van der Waals surface area contributed by atoms with Crippen molar-refractivity contribution in [2.45, 2.75) is 64.6 Å². The van der Waals surface area contributed by atoms with E-state index in [0.29, 0.717) is 11.8 Å². The first kappa shape index (κ1) is 26.4. The van der Waals surface area contributed by atoms with Gasteiger partial charge in [0.05, 0.1) is 22.6 Å². The van der Waals surface area contributed by atoms with Crippen molar-refractivity contribution in [2.75, 3.05) is 0 Å². The van der Waals surface area contributed by atoms with Crippen LogP contribution >= 0.6 is 0 Å². The molecule has 0 fully saturated rings. The van der Waals surface area contributed by atoms with E-state index in [1.807, 2.05) is 26.0 Å². The molecule has 1 aromatic carbocycles. The molecule has 0 bridgehead atoms. The molecule has 1 radical (unpaired) electrons. The van der Waals surface area contributed by atoms with Gasteiger partial charge in [-0.15, -0.1) is 0 Å². The van der Waals surface area contributed by atoms with Gasteiger partial charge >= 0.3 is 7.48 Å². The maximum Gasteiger partial charge on any atom is 0.330 e. The van der Waals surface area contributed by atoms with Gasteiger partial charge in [-0.1, -0.05) is 91.0 Å². The topological polar surface area (TPSA) is 42.4 Å². The van der Waals surface area contributed by atoms with Crippen LogP contribution in [0.15, 0.2) is 85.0 Å². The summed E-state index contributed by atoms with van der Waals surface area (Å²) in [6.07, 6.45) is 21.7. The Morgan fingerprint density at radius 3 is 2.45 bits per heavy atom. The Labute approximate surface area is 228 Å². The molecule has 1 heterocycles. The lowest BCUT2D eigenvalue weighted by Crippen LogP contribution is -2.49. The van der Waals surface area contributed by atoms with Crippen LogP contribution in [0.1, 0.15) is 69.3 Å². The van der Waals surface area contributed by atoms with Gasteiger partial charge in [0.25, 0.3) is 0 Å². The summed E-state index contributed by atoms with van der Waals surface area (Å²) in [4.78, 5) is 5.37. The number of allylic oxidation sites excluding steroid dienone is 10. The van der Waals surface area contributed by atoms with Crippen molar-refractivity contribution in [3.8, 4) is 11.3 Å². The number of pyridine rings is 1. The molecule has 38 heavy (non-hydrogen) atoms. The molecule has 193 valence electrons. The maximum atomic E-state index is 10.4. The molecule has 0 spiro atoms. The van der Waals surface area contributed by atoms with Gasteiger partial charge in [-0.3, -0.25) is 0 Å². The number of hydrogen-bond acceptors (Lipinski definition) is 3. The van der Waals surface area contributed by atoms with Crippen LogP contribution in [-0.4, -0.2) is 28.8 Å². The normalized spacial score (nSPS) is 20.4. The van der Waals surface area contributed by atoms with Gasteiger partial charge in [0.1, 0.15) is 0 Å². The minimum absolute atomic E-state index is 0.290. The number of hydrogen-bond donors (Lipinski definition) is 1. The Kier molecular flexibility index (Phi) is 7.06.